The zero-order valence-corrected chi connectivity index (χ0v) is 12.6. The molecule has 0 aliphatic carbocycles. The Balaban J connectivity index is 2.22. The minimum atomic E-state index is -3.52. The van der Waals surface area contributed by atoms with E-state index in [1.807, 2.05) is 0 Å². The quantitative estimate of drug-likeness (QED) is 0.908. The summed E-state index contributed by atoms with van der Waals surface area (Å²) in [6, 6.07) is 2.87. The molecule has 1 aromatic heterocycles. The van der Waals surface area contributed by atoms with Crippen molar-refractivity contribution < 1.29 is 12.8 Å². The Labute approximate surface area is 118 Å². The number of hydrogen-bond donors (Lipinski definition) is 1. The molecular formula is C12H12BrFN2O2S. The SMILES string of the molecule is Cc1cc(F)c2[nH]c(S(=O)(=O)N3CCC3)cc2c1Br. The van der Waals surface area contributed by atoms with E-state index in [1.165, 1.54) is 16.4 Å². The predicted octanol–water partition coefficient (Wildman–Crippen LogP) is 2.77. The zero-order valence-electron chi connectivity index (χ0n) is 10.2. The molecule has 102 valence electrons. The van der Waals surface area contributed by atoms with Crippen molar-refractivity contribution in [1.29, 1.82) is 0 Å². The van der Waals surface area contributed by atoms with E-state index in [-0.39, 0.29) is 10.5 Å². The van der Waals surface area contributed by atoms with E-state index in [4.69, 9.17) is 0 Å². The van der Waals surface area contributed by atoms with Gasteiger partial charge in [-0.25, -0.2) is 12.8 Å². The Bertz CT molecular complexity index is 766. The van der Waals surface area contributed by atoms with Crippen molar-refractivity contribution in [3.63, 3.8) is 0 Å². The molecule has 3 rings (SSSR count). The Hall–Kier alpha value is -0.920. The monoisotopic (exact) mass is 346 g/mol. The summed E-state index contributed by atoms with van der Waals surface area (Å²) in [5.74, 6) is -0.444. The van der Waals surface area contributed by atoms with E-state index in [1.54, 1.807) is 6.92 Å². The van der Waals surface area contributed by atoms with Gasteiger partial charge in [0.05, 0.1) is 5.52 Å². The number of hydrogen-bond acceptors (Lipinski definition) is 2. The number of fused-ring (bicyclic) bond motifs is 1. The number of nitrogens with zero attached hydrogens (tertiary/aromatic N) is 1. The lowest BCUT2D eigenvalue weighted by Gasteiger charge is -2.28. The first kappa shape index (κ1) is 13.1. The van der Waals surface area contributed by atoms with Gasteiger partial charge in [0, 0.05) is 22.9 Å². The lowest BCUT2D eigenvalue weighted by molar-refractivity contribution is 0.308. The fourth-order valence-electron chi connectivity index (χ4n) is 2.13. The topological polar surface area (TPSA) is 53.2 Å². The highest BCUT2D eigenvalue weighted by atomic mass is 79.9. The van der Waals surface area contributed by atoms with Gasteiger partial charge in [-0.1, -0.05) is 0 Å². The van der Waals surface area contributed by atoms with Crippen LogP contribution in [0, 0.1) is 12.7 Å². The third kappa shape index (κ3) is 1.91. The number of halogens is 2. The molecule has 1 aliphatic rings. The van der Waals surface area contributed by atoms with Crippen molar-refractivity contribution in [2.45, 2.75) is 18.4 Å². The first-order chi connectivity index (χ1) is 8.91. The van der Waals surface area contributed by atoms with E-state index < -0.39 is 15.8 Å². The molecule has 1 fully saturated rings. The molecule has 7 heteroatoms. The minimum absolute atomic E-state index is 0.0485. The van der Waals surface area contributed by atoms with Crippen LogP contribution in [0.4, 0.5) is 4.39 Å². The predicted molar refractivity (Wildman–Crippen MR) is 74.1 cm³/mol. The smallest absolute Gasteiger partial charge is 0.258 e. The van der Waals surface area contributed by atoms with Crippen molar-refractivity contribution in [1.82, 2.24) is 9.29 Å². The number of sulfonamides is 1. The molecular weight excluding hydrogens is 335 g/mol. The van der Waals surface area contributed by atoms with E-state index in [2.05, 4.69) is 20.9 Å². The second-order valence-electron chi connectivity index (χ2n) is 4.67. The molecule has 0 spiro atoms. The van der Waals surface area contributed by atoms with Gasteiger partial charge < -0.3 is 4.98 Å². The number of benzene rings is 1. The highest BCUT2D eigenvalue weighted by molar-refractivity contribution is 9.10. The van der Waals surface area contributed by atoms with E-state index in [0.29, 0.717) is 22.9 Å². The lowest BCUT2D eigenvalue weighted by atomic mass is 10.2. The van der Waals surface area contributed by atoms with Crippen molar-refractivity contribution in [3.8, 4) is 0 Å². The van der Waals surface area contributed by atoms with Gasteiger partial charge in [0.2, 0.25) is 0 Å². The number of nitrogens with one attached hydrogen (secondary N) is 1. The molecule has 1 aliphatic heterocycles. The van der Waals surface area contributed by atoms with Crippen LogP contribution in [-0.2, 0) is 10.0 Å². The Kier molecular flexibility index (Phi) is 2.95. The average molecular weight is 347 g/mol. The van der Waals surface area contributed by atoms with E-state index in [9.17, 15) is 12.8 Å². The molecule has 0 saturated carbocycles. The molecule has 1 N–H and O–H groups in total. The van der Waals surface area contributed by atoms with Gasteiger partial charge in [-0.2, -0.15) is 4.31 Å². The molecule has 0 radical (unpaired) electrons. The lowest BCUT2D eigenvalue weighted by Crippen LogP contribution is -2.42. The molecule has 4 nitrogen and oxygen atoms in total. The summed E-state index contributed by atoms with van der Waals surface area (Å²) in [6.45, 7) is 2.82. The van der Waals surface area contributed by atoms with Crippen LogP contribution in [0.25, 0.3) is 10.9 Å². The van der Waals surface area contributed by atoms with Crippen LogP contribution >= 0.6 is 15.9 Å². The van der Waals surface area contributed by atoms with Gasteiger partial charge in [-0.3, -0.25) is 0 Å². The molecule has 0 amide bonds. The second kappa shape index (κ2) is 4.29. The van der Waals surface area contributed by atoms with E-state index in [0.717, 1.165) is 12.0 Å². The highest BCUT2D eigenvalue weighted by Gasteiger charge is 2.31. The van der Waals surface area contributed by atoms with Crippen LogP contribution < -0.4 is 0 Å². The Morgan fingerprint density at radius 3 is 2.63 bits per heavy atom. The van der Waals surface area contributed by atoms with Crippen molar-refractivity contribution >= 4 is 36.9 Å². The van der Waals surface area contributed by atoms with Gasteiger partial charge >= 0.3 is 0 Å². The number of rotatable bonds is 2. The Morgan fingerprint density at radius 1 is 1.37 bits per heavy atom. The second-order valence-corrected chi connectivity index (χ2v) is 7.37. The molecule has 0 atom stereocenters. The molecule has 1 aromatic carbocycles. The van der Waals surface area contributed by atoms with Crippen LogP contribution in [0.1, 0.15) is 12.0 Å². The number of aromatic amines is 1. The molecule has 2 aromatic rings. The van der Waals surface area contributed by atoms with Crippen molar-refractivity contribution in [2.24, 2.45) is 0 Å². The third-order valence-electron chi connectivity index (χ3n) is 3.39. The summed E-state index contributed by atoms with van der Waals surface area (Å²) < 4.78 is 40.5. The standard InChI is InChI=1S/C12H12BrFN2O2S/c1-7-5-9(14)12-8(11(7)13)6-10(15-12)19(17,18)16-3-2-4-16/h5-6,15H,2-4H2,1H3. The summed E-state index contributed by atoms with van der Waals surface area (Å²) in [6.07, 6.45) is 0.872. The maximum absolute atomic E-state index is 13.9. The van der Waals surface area contributed by atoms with Crippen molar-refractivity contribution in [2.75, 3.05) is 13.1 Å². The van der Waals surface area contributed by atoms with Crippen LogP contribution in [0.15, 0.2) is 21.6 Å². The fourth-order valence-corrected chi connectivity index (χ4v) is 4.08. The summed E-state index contributed by atoms with van der Waals surface area (Å²) in [5.41, 5.74) is 0.952. The number of aromatic nitrogens is 1. The Morgan fingerprint density at radius 2 is 2.05 bits per heavy atom. The summed E-state index contributed by atoms with van der Waals surface area (Å²) >= 11 is 3.37. The molecule has 0 unspecified atom stereocenters. The summed E-state index contributed by atoms with van der Waals surface area (Å²) in [7, 11) is -3.52. The highest BCUT2D eigenvalue weighted by Crippen LogP contribution is 2.32. The largest absolute Gasteiger partial charge is 0.342 e. The minimum Gasteiger partial charge on any atom is -0.342 e. The number of H-pyrrole nitrogens is 1. The van der Waals surface area contributed by atoms with Gasteiger partial charge in [0.15, 0.2) is 0 Å². The summed E-state index contributed by atoms with van der Waals surface area (Å²) in [5, 5.41) is 0.601. The van der Waals surface area contributed by atoms with Crippen LogP contribution in [0.5, 0.6) is 0 Å². The van der Waals surface area contributed by atoms with Gasteiger partial charge in [-0.05, 0) is 47.0 Å². The summed E-state index contributed by atoms with van der Waals surface area (Å²) in [4.78, 5) is 2.69. The zero-order chi connectivity index (χ0) is 13.8. The molecule has 2 heterocycles. The van der Waals surface area contributed by atoms with E-state index >= 15 is 0 Å². The van der Waals surface area contributed by atoms with Crippen LogP contribution in [0.3, 0.4) is 0 Å². The maximum Gasteiger partial charge on any atom is 0.258 e. The van der Waals surface area contributed by atoms with Crippen molar-refractivity contribution in [3.05, 3.63) is 28.0 Å². The van der Waals surface area contributed by atoms with Crippen LogP contribution in [0.2, 0.25) is 0 Å². The first-order valence-electron chi connectivity index (χ1n) is 5.89. The number of aryl methyl sites for hydroxylation is 1. The molecule has 1 saturated heterocycles. The normalized spacial score (nSPS) is 16.8. The molecule has 0 bridgehead atoms. The van der Waals surface area contributed by atoms with Gasteiger partial charge in [-0.15, -0.1) is 0 Å². The average Bonchev–Trinajstić information content (AvgIpc) is 2.68. The van der Waals surface area contributed by atoms with Gasteiger partial charge in [0.25, 0.3) is 10.0 Å². The first-order valence-corrected chi connectivity index (χ1v) is 8.12. The maximum atomic E-state index is 13.9. The third-order valence-corrected chi connectivity index (χ3v) is 6.26. The van der Waals surface area contributed by atoms with Gasteiger partial charge in [0.1, 0.15) is 10.8 Å². The molecule has 19 heavy (non-hydrogen) atoms. The van der Waals surface area contributed by atoms with Crippen LogP contribution in [-0.4, -0.2) is 30.8 Å². The fraction of sp³-hybridized carbons (Fsp3) is 0.333.